The van der Waals surface area contributed by atoms with Crippen molar-refractivity contribution in [2.45, 2.75) is 6.54 Å². The molecule has 0 saturated carbocycles. The van der Waals surface area contributed by atoms with Crippen molar-refractivity contribution in [2.75, 3.05) is 17.7 Å². The monoisotopic (exact) mass is 253 g/mol. The Labute approximate surface area is 111 Å². The number of fused-ring (bicyclic) bond motifs is 1. The molecule has 3 rings (SSSR count). The van der Waals surface area contributed by atoms with Crippen LogP contribution in [0.4, 0.5) is 11.4 Å². The van der Waals surface area contributed by atoms with E-state index < -0.39 is 0 Å². The van der Waals surface area contributed by atoms with Crippen molar-refractivity contribution in [2.24, 2.45) is 0 Å². The largest absolute Gasteiger partial charge is 0.443 e. The van der Waals surface area contributed by atoms with Gasteiger partial charge >= 0.3 is 0 Å². The molecular weight excluding hydrogens is 238 g/mol. The molecule has 0 bridgehead atoms. The van der Waals surface area contributed by atoms with E-state index in [2.05, 4.69) is 27.8 Å². The van der Waals surface area contributed by atoms with Gasteiger partial charge in [-0.15, -0.1) is 0 Å². The van der Waals surface area contributed by atoms with E-state index in [1.54, 1.807) is 0 Å². The summed E-state index contributed by atoms with van der Waals surface area (Å²) in [7, 11) is 1.92. The fourth-order valence-corrected chi connectivity index (χ4v) is 2.01. The molecule has 1 aromatic heterocycles. The molecule has 0 aliphatic carbocycles. The SMILES string of the molecule is CNc1cccc(CNc2ccc3ncoc3c2)c1. The van der Waals surface area contributed by atoms with Crippen molar-refractivity contribution in [1.29, 1.82) is 0 Å². The van der Waals surface area contributed by atoms with E-state index >= 15 is 0 Å². The zero-order chi connectivity index (χ0) is 13.1. The van der Waals surface area contributed by atoms with Gasteiger partial charge in [-0.25, -0.2) is 4.98 Å². The second-order valence-corrected chi connectivity index (χ2v) is 4.34. The minimum absolute atomic E-state index is 0.773. The van der Waals surface area contributed by atoms with Crippen molar-refractivity contribution in [3.63, 3.8) is 0 Å². The highest BCUT2D eigenvalue weighted by Gasteiger charge is 2.00. The Hall–Kier alpha value is -2.49. The van der Waals surface area contributed by atoms with Gasteiger partial charge in [0.2, 0.25) is 0 Å². The maximum absolute atomic E-state index is 5.29. The predicted octanol–water partition coefficient (Wildman–Crippen LogP) is 3.48. The summed E-state index contributed by atoms with van der Waals surface area (Å²) in [5.41, 5.74) is 5.05. The molecule has 0 radical (unpaired) electrons. The summed E-state index contributed by atoms with van der Waals surface area (Å²) in [5, 5.41) is 6.51. The highest BCUT2D eigenvalue weighted by molar-refractivity contribution is 5.76. The fraction of sp³-hybridized carbons (Fsp3) is 0.133. The van der Waals surface area contributed by atoms with Gasteiger partial charge in [0.05, 0.1) is 0 Å². The number of aromatic nitrogens is 1. The van der Waals surface area contributed by atoms with E-state index in [4.69, 9.17) is 4.42 Å². The number of anilines is 2. The van der Waals surface area contributed by atoms with Crippen LogP contribution in [-0.4, -0.2) is 12.0 Å². The van der Waals surface area contributed by atoms with Crippen molar-refractivity contribution in [3.05, 3.63) is 54.4 Å². The minimum atomic E-state index is 0.773. The molecule has 96 valence electrons. The lowest BCUT2D eigenvalue weighted by molar-refractivity contribution is 0.602. The number of oxazole rings is 1. The first kappa shape index (κ1) is 11.6. The molecule has 0 atom stereocenters. The molecule has 0 aliphatic rings. The van der Waals surface area contributed by atoms with Gasteiger partial charge in [0.15, 0.2) is 12.0 Å². The van der Waals surface area contributed by atoms with Crippen LogP contribution in [0.15, 0.2) is 53.3 Å². The summed E-state index contributed by atoms with van der Waals surface area (Å²) in [6, 6.07) is 14.2. The van der Waals surface area contributed by atoms with Crippen LogP contribution in [0.5, 0.6) is 0 Å². The average Bonchev–Trinajstić information content (AvgIpc) is 2.93. The Morgan fingerprint density at radius 3 is 2.95 bits per heavy atom. The summed E-state index contributed by atoms with van der Waals surface area (Å²) in [6.45, 7) is 0.773. The lowest BCUT2D eigenvalue weighted by Crippen LogP contribution is -2.00. The molecule has 0 unspecified atom stereocenters. The molecule has 0 amide bonds. The Balaban J connectivity index is 1.74. The van der Waals surface area contributed by atoms with Gasteiger partial charge in [0.25, 0.3) is 0 Å². The number of hydrogen-bond acceptors (Lipinski definition) is 4. The predicted molar refractivity (Wildman–Crippen MR) is 77.3 cm³/mol. The quantitative estimate of drug-likeness (QED) is 0.747. The molecule has 4 heteroatoms. The molecule has 19 heavy (non-hydrogen) atoms. The summed E-state index contributed by atoms with van der Waals surface area (Å²) in [5.74, 6) is 0. The summed E-state index contributed by atoms with van der Waals surface area (Å²) >= 11 is 0. The molecule has 1 heterocycles. The van der Waals surface area contributed by atoms with E-state index in [-0.39, 0.29) is 0 Å². The first-order valence-electron chi connectivity index (χ1n) is 6.19. The normalized spacial score (nSPS) is 10.6. The number of nitrogens with zero attached hydrogens (tertiary/aromatic N) is 1. The topological polar surface area (TPSA) is 50.1 Å². The third kappa shape index (κ3) is 2.52. The third-order valence-corrected chi connectivity index (χ3v) is 3.04. The highest BCUT2D eigenvalue weighted by atomic mass is 16.3. The molecule has 0 aliphatic heterocycles. The second kappa shape index (κ2) is 5.02. The van der Waals surface area contributed by atoms with Crippen LogP contribution in [0.25, 0.3) is 11.1 Å². The lowest BCUT2D eigenvalue weighted by Gasteiger charge is -2.08. The van der Waals surface area contributed by atoms with Gasteiger partial charge in [0.1, 0.15) is 5.52 Å². The smallest absolute Gasteiger partial charge is 0.181 e. The van der Waals surface area contributed by atoms with Gasteiger partial charge in [-0.3, -0.25) is 0 Å². The molecule has 4 nitrogen and oxygen atoms in total. The summed E-state index contributed by atoms with van der Waals surface area (Å²) < 4.78 is 5.29. The van der Waals surface area contributed by atoms with Crippen molar-refractivity contribution >= 4 is 22.5 Å². The Bertz CT molecular complexity index is 690. The zero-order valence-corrected chi connectivity index (χ0v) is 10.7. The van der Waals surface area contributed by atoms with Gasteiger partial charge in [-0.05, 0) is 29.8 Å². The summed E-state index contributed by atoms with van der Waals surface area (Å²) in [6.07, 6.45) is 1.46. The Morgan fingerprint density at radius 2 is 2.05 bits per heavy atom. The van der Waals surface area contributed by atoms with Crippen LogP contribution < -0.4 is 10.6 Å². The van der Waals surface area contributed by atoms with E-state index in [0.717, 1.165) is 29.0 Å². The van der Waals surface area contributed by atoms with Crippen LogP contribution in [0.3, 0.4) is 0 Å². The van der Waals surface area contributed by atoms with Crippen LogP contribution in [0.1, 0.15) is 5.56 Å². The summed E-state index contributed by atoms with van der Waals surface area (Å²) in [4.78, 5) is 4.10. The number of benzene rings is 2. The number of hydrogen-bond donors (Lipinski definition) is 2. The van der Waals surface area contributed by atoms with Crippen LogP contribution in [0, 0.1) is 0 Å². The average molecular weight is 253 g/mol. The van der Waals surface area contributed by atoms with Gasteiger partial charge in [-0.1, -0.05) is 12.1 Å². The lowest BCUT2D eigenvalue weighted by atomic mass is 10.2. The van der Waals surface area contributed by atoms with Crippen LogP contribution in [-0.2, 0) is 6.54 Å². The van der Waals surface area contributed by atoms with E-state index in [1.807, 2.05) is 37.4 Å². The third-order valence-electron chi connectivity index (χ3n) is 3.04. The molecule has 3 aromatic rings. The number of nitrogens with one attached hydrogen (secondary N) is 2. The van der Waals surface area contributed by atoms with E-state index in [0.29, 0.717) is 0 Å². The van der Waals surface area contributed by atoms with Crippen LogP contribution >= 0.6 is 0 Å². The first-order valence-corrected chi connectivity index (χ1v) is 6.19. The molecular formula is C15H15N3O. The number of rotatable bonds is 4. The van der Waals surface area contributed by atoms with Gasteiger partial charge in [0, 0.05) is 31.0 Å². The molecule has 2 N–H and O–H groups in total. The second-order valence-electron chi connectivity index (χ2n) is 4.34. The van der Waals surface area contributed by atoms with Crippen molar-refractivity contribution in [3.8, 4) is 0 Å². The molecule has 0 fully saturated rings. The molecule has 2 aromatic carbocycles. The molecule has 0 saturated heterocycles. The highest BCUT2D eigenvalue weighted by Crippen LogP contribution is 2.19. The minimum Gasteiger partial charge on any atom is -0.443 e. The van der Waals surface area contributed by atoms with Gasteiger partial charge < -0.3 is 15.1 Å². The van der Waals surface area contributed by atoms with Gasteiger partial charge in [-0.2, -0.15) is 0 Å². The maximum atomic E-state index is 5.29. The van der Waals surface area contributed by atoms with Crippen molar-refractivity contribution < 1.29 is 4.42 Å². The van der Waals surface area contributed by atoms with E-state index in [9.17, 15) is 0 Å². The Kier molecular flexibility index (Phi) is 3.06. The Morgan fingerprint density at radius 1 is 1.11 bits per heavy atom. The van der Waals surface area contributed by atoms with Crippen LogP contribution in [0.2, 0.25) is 0 Å². The van der Waals surface area contributed by atoms with Crippen molar-refractivity contribution in [1.82, 2.24) is 4.98 Å². The fourth-order valence-electron chi connectivity index (χ4n) is 2.01. The molecule has 0 spiro atoms. The van der Waals surface area contributed by atoms with E-state index in [1.165, 1.54) is 12.0 Å². The first-order chi connectivity index (χ1) is 9.35. The maximum Gasteiger partial charge on any atom is 0.181 e. The zero-order valence-electron chi connectivity index (χ0n) is 10.7. The standard InChI is InChI=1S/C15H15N3O/c1-16-12-4-2-3-11(7-12)9-17-13-5-6-14-15(8-13)19-10-18-14/h2-8,10,16-17H,9H2,1H3.